The lowest BCUT2D eigenvalue weighted by Crippen LogP contribution is -2.65. The fourth-order valence-electron chi connectivity index (χ4n) is 4.51. The predicted molar refractivity (Wildman–Crippen MR) is 111 cm³/mol. The fourth-order valence-corrected chi connectivity index (χ4v) is 4.51. The number of nitrogens with one attached hydrogen (secondary N) is 1. The topological polar surface area (TPSA) is 60.0 Å². The monoisotopic (exact) mass is 390 g/mol. The number of urea groups is 1. The number of carbonyl (C=O) groups excluding carboxylic acids is 1. The van der Waals surface area contributed by atoms with Crippen LogP contribution in [0.4, 0.5) is 10.5 Å². The van der Waals surface area contributed by atoms with E-state index in [9.17, 15) is 4.79 Å². The molecule has 1 N–H and O–H groups in total. The van der Waals surface area contributed by atoms with E-state index in [4.69, 9.17) is 14.2 Å². The van der Waals surface area contributed by atoms with Crippen molar-refractivity contribution in [3.63, 3.8) is 0 Å². The van der Waals surface area contributed by atoms with Crippen LogP contribution in [-0.4, -0.2) is 26.0 Å². The summed E-state index contributed by atoms with van der Waals surface area (Å²) < 4.78 is 17.4. The molecule has 29 heavy (non-hydrogen) atoms. The lowest BCUT2D eigenvalue weighted by molar-refractivity contribution is 0.0382. The minimum Gasteiger partial charge on any atom is -0.497 e. The summed E-state index contributed by atoms with van der Waals surface area (Å²) in [5, 5.41) is 5.40. The molecule has 2 aliphatic heterocycles. The molecule has 1 fully saturated rings. The van der Waals surface area contributed by atoms with E-state index in [2.05, 4.69) is 23.5 Å². The third-order valence-electron chi connectivity index (χ3n) is 5.79. The van der Waals surface area contributed by atoms with Crippen LogP contribution in [0.3, 0.4) is 0 Å². The van der Waals surface area contributed by atoms with Crippen LogP contribution in [-0.2, 0) is 0 Å². The number of ether oxygens (including phenoxy) is 3. The molecule has 0 radical (unpaired) electrons. The maximum Gasteiger partial charge on any atom is 0.325 e. The highest BCUT2D eigenvalue weighted by Crippen LogP contribution is 2.49. The van der Waals surface area contributed by atoms with Crippen molar-refractivity contribution in [3.8, 4) is 17.2 Å². The molecule has 0 aromatic heterocycles. The van der Waals surface area contributed by atoms with E-state index >= 15 is 0 Å². The molecule has 2 unspecified atom stereocenters. The highest BCUT2D eigenvalue weighted by molar-refractivity contribution is 5.98. The number of benzene rings is 3. The Bertz CT molecular complexity index is 1130. The molecule has 0 spiro atoms. The van der Waals surface area contributed by atoms with Gasteiger partial charge < -0.3 is 19.5 Å². The molecular formula is C23H22N2O4. The molecule has 148 valence electrons. The van der Waals surface area contributed by atoms with E-state index in [0.717, 1.165) is 22.1 Å². The highest BCUT2D eigenvalue weighted by Gasteiger charge is 2.51. The van der Waals surface area contributed by atoms with Crippen LogP contribution in [0.15, 0.2) is 54.6 Å². The second-order valence-electron chi connectivity index (χ2n) is 7.55. The lowest BCUT2D eigenvalue weighted by atomic mass is 9.87. The molecule has 2 heterocycles. The van der Waals surface area contributed by atoms with Crippen LogP contribution in [0.1, 0.15) is 24.9 Å². The van der Waals surface area contributed by atoms with Gasteiger partial charge in [0.1, 0.15) is 17.2 Å². The van der Waals surface area contributed by atoms with Crippen LogP contribution in [0.25, 0.3) is 10.8 Å². The molecular weight excluding hydrogens is 368 g/mol. The molecule has 0 saturated carbocycles. The summed E-state index contributed by atoms with van der Waals surface area (Å²) in [5.74, 6) is 2.00. The minimum atomic E-state index is -0.859. The van der Waals surface area contributed by atoms with Crippen LogP contribution in [0, 0.1) is 0 Å². The van der Waals surface area contributed by atoms with Crippen LogP contribution in [0.2, 0.25) is 0 Å². The summed E-state index contributed by atoms with van der Waals surface area (Å²) in [6.07, 6.45) is 0.611. The Morgan fingerprint density at radius 2 is 1.93 bits per heavy atom. The zero-order valence-electron chi connectivity index (χ0n) is 16.6. The Hall–Kier alpha value is -3.41. The first-order valence-corrected chi connectivity index (χ1v) is 9.57. The van der Waals surface area contributed by atoms with Crippen molar-refractivity contribution in [1.29, 1.82) is 0 Å². The average Bonchev–Trinajstić information content (AvgIpc) is 2.72. The average molecular weight is 390 g/mol. The molecule has 2 atom stereocenters. The molecule has 3 aromatic carbocycles. The number of anilines is 1. The SMILES string of the molecule is COc1ccc(OC)c(N2C(=O)NC3CC2(C)Oc2ccc4ccccc4c23)c1. The summed E-state index contributed by atoms with van der Waals surface area (Å²) in [7, 11) is 3.18. The number of nitrogens with zero attached hydrogens (tertiary/aromatic N) is 1. The van der Waals surface area contributed by atoms with Crippen molar-refractivity contribution < 1.29 is 19.0 Å². The number of methoxy groups -OCH3 is 2. The Kier molecular flexibility index (Phi) is 3.84. The quantitative estimate of drug-likeness (QED) is 0.709. The second kappa shape index (κ2) is 6.30. The molecule has 6 heteroatoms. The maximum absolute atomic E-state index is 13.3. The van der Waals surface area contributed by atoms with E-state index < -0.39 is 5.72 Å². The summed E-state index contributed by atoms with van der Waals surface area (Å²) >= 11 is 0. The third-order valence-corrected chi connectivity index (χ3v) is 5.79. The number of hydrogen-bond donors (Lipinski definition) is 1. The van der Waals surface area contributed by atoms with Crippen molar-refractivity contribution in [2.24, 2.45) is 0 Å². The van der Waals surface area contributed by atoms with Crippen LogP contribution in [0.5, 0.6) is 17.2 Å². The van der Waals surface area contributed by atoms with E-state index in [1.165, 1.54) is 0 Å². The number of carbonyl (C=O) groups is 1. The van der Waals surface area contributed by atoms with Gasteiger partial charge in [0, 0.05) is 18.1 Å². The van der Waals surface area contributed by atoms with E-state index in [-0.39, 0.29) is 12.1 Å². The zero-order chi connectivity index (χ0) is 20.2. The maximum atomic E-state index is 13.3. The van der Waals surface area contributed by atoms with Gasteiger partial charge in [0.2, 0.25) is 0 Å². The Morgan fingerprint density at radius 3 is 2.72 bits per heavy atom. The van der Waals surface area contributed by atoms with Gasteiger partial charge in [-0.3, -0.25) is 4.90 Å². The smallest absolute Gasteiger partial charge is 0.325 e. The van der Waals surface area contributed by atoms with Gasteiger partial charge >= 0.3 is 6.03 Å². The van der Waals surface area contributed by atoms with Gasteiger partial charge in [-0.2, -0.15) is 0 Å². The largest absolute Gasteiger partial charge is 0.497 e. The van der Waals surface area contributed by atoms with E-state index in [1.54, 1.807) is 37.3 Å². The minimum absolute atomic E-state index is 0.129. The number of amides is 2. The number of fused-ring (bicyclic) bond motifs is 6. The first kappa shape index (κ1) is 17.7. The van der Waals surface area contributed by atoms with Crippen LogP contribution >= 0.6 is 0 Å². The van der Waals surface area contributed by atoms with Gasteiger partial charge in [-0.05, 0) is 35.9 Å². The van der Waals surface area contributed by atoms with Crippen molar-refractivity contribution in [1.82, 2.24) is 5.32 Å². The molecule has 3 aromatic rings. The molecule has 0 aliphatic carbocycles. The van der Waals surface area contributed by atoms with Gasteiger partial charge in [-0.25, -0.2) is 4.79 Å². The van der Waals surface area contributed by atoms with Crippen molar-refractivity contribution in [3.05, 3.63) is 60.2 Å². The first-order valence-electron chi connectivity index (χ1n) is 9.57. The van der Waals surface area contributed by atoms with Gasteiger partial charge in [0.05, 0.1) is 25.9 Å². The Morgan fingerprint density at radius 1 is 1.10 bits per heavy atom. The first-order chi connectivity index (χ1) is 14.0. The number of rotatable bonds is 3. The van der Waals surface area contributed by atoms with E-state index in [1.807, 2.05) is 25.1 Å². The molecule has 5 rings (SSSR count). The van der Waals surface area contributed by atoms with Gasteiger partial charge in [0.25, 0.3) is 0 Å². The van der Waals surface area contributed by atoms with Crippen molar-refractivity contribution in [2.45, 2.75) is 25.1 Å². The van der Waals surface area contributed by atoms with Crippen molar-refractivity contribution in [2.75, 3.05) is 19.1 Å². The Balaban J connectivity index is 1.66. The summed E-state index contributed by atoms with van der Waals surface area (Å²) in [6, 6.07) is 17.2. The summed E-state index contributed by atoms with van der Waals surface area (Å²) in [4.78, 5) is 14.9. The molecule has 6 nitrogen and oxygen atoms in total. The summed E-state index contributed by atoms with van der Waals surface area (Å²) in [6.45, 7) is 1.94. The summed E-state index contributed by atoms with van der Waals surface area (Å²) in [5.41, 5.74) is 0.781. The Labute approximate surface area is 169 Å². The lowest BCUT2D eigenvalue weighted by Gasteiger charge is -2.51. The third kappa shape index (κ3) is 2.59. The van der Waals surface area contributed by atoms with Crippen LogP contribution < -0.4 is 24.4 Å². The number of hydrogen-bond acceptors (Lipinski definition) is 4. The zero-order valence-corrected chi connectivity index (χ0v) is 16.6. The van der Waals surface area contributed by atoms with Gasteiger partial charge in [-0.15, -0.1) is 0 Å². The molecule has 1 saturated heterocycles. The predicted octanol–water partition coefficient (Wildman–Crippen LogP) is 4.63. The fraction of sp³-hybridized carbons (Fsp3) is 0.261. The van der Waals surface area contributed by atoms with Gasteiger partial charge in [-0.1, -0.05) is 30.3 Å². The standard InChI is InChI=1S/C23H22N2O4/c1-23-13-17(21-16-7-5-4-6-14(16)8-10-20(21)29-23)24-22(26)25(23)18-12-15(27-2)9-11-19(18)28-3/h4-12,17H,13H2,1-3H3,(H,24,26). The van der Waals surface area contributed by atoms with Gasteiger partial charge in [0.15, 0.2) is 5.72 Å². The second-order valence-corrected chi connectivity index (χ2v) is 7.55. The van der Waals surface area contributed by atoms with E-state index in [0.29, 0.717) is 23.6 Å². The molecule has 2 bridgehead atoms. The normalized spacial score (nSPS) is 22.5. The van der Waals surface area contributed by atoms with Crippen molar-refractivity contribution >= 4 is 22.5 Å². The molecule has 2 amide bonds. The highest BCUT2D eigenvalue weighted by atomic mass is 16.5. The molecule has 2 aliphatic rings.